The van der Waals surface area contributed by atoms with Crippen LogP contribution in [0.1, 0.15) is 6.42 Å². The van der Waals surface area contributed by atoms with Crippen molar-refractivity contribution in [3.05, 3.63) is 23.2 Å². The lowest BCUT2D eigenvalue weighted by atomic mass is 10.3. The fraction of sp³-hybridized carbons (Fsp3) is 0.562. The van der Waals surface area contributed by atoms with E-state index in [2.05, 4.69) is 10.2 Å². The van der Waals surface area contributed by atoms with E-state index < -0.39 is 9.84 Å². The third kappa shape index (κ3) is 6.14. The van der Waals surface area contributed by atoms with Crippen LogP contribution in [0.4, 0.5) is 0 Å². The molecule has 0 saturated carbocycles. The molecular weight excluding hydrogens is 368 g/mol. The third-order valence-electron chi connectivity index (χ3n) is 3.93. The van der Waals surface area contributed by atoms with E-state index in [1.807, 2.05) is 0 Å². The van der Waals surface area contributed by atoms with Crippen LogP contribution in [0.25, 0.3) is 0 Å². The van der Waals surface area contributed by atoms with Crippen LogP contribution in [-0.4, -0.2) is 71.5 Å². The highest BCUT2D eigenvalue weighted by Crippen LogP contribution is 2.27. The first-order valence-corrected chi connectivity index (χ1v) is 10.1. The Morgan fingerprint density at radius 3 is 2.72 bits per heavy atom. The summed E-state index contributed by atoms with van der Waals surface area (Å²) in [5, 5.41) is 2.97. The molecular formula is C16H23ClN2O5S. The second-order valence-corrected chi connectivity index (χ2v) is 8.19. The van der Waals surface area contributed by atoms with Gasteiger partial charge in [0.1, 0.15) is 5.75 Å². The predicted molar refractivity (Wildman–Crippen MR) is 94.9 cm³/mol. The van der Waals surface area contributed by atoms with Crippen LogP contribution in [0.5, 0.6) is 5.75 Å². The Morgan fingerprint density at radius 2 is 2.08 bits per heavy atom. The molecule has 1 heterocycles. The van der Waals surface area contributed by atoms with Gasteiger partial charge in [0.25, 0.3) is 0 Å². The van der Waals surface area contributed by atoms with Crippen molar-refractivity contribution >= 4 is 27.3 Å². The van der Waals surface area contributed by atoms with Gasteiger partial charge >= 0.3 is 0 Å². The van der Waals surface area contributed by atoms with Gasteiger partial charge in [-0.15, -0.1) is 0 Å². The standard InChI is InChI=1S/C16H23ClN2O5S/c1-23-15-3-2-13(12-14(15)17)25(21,22)11-4-16(20)18-5-6-19-7-9-24-10-8-19/h2-3,12H,4-11H2,1H3,(H,18,20). The molecule has 25 heavy (non-hydrogen) atoms. The van der Waals surface area contributed by atoms with Gasteiger partial charge in [-0.2, -0.15) is 0 Å². The molecule has 1 fully saturated rings. The van der Waals surface area contributed by atoms with Crippen molar-refractivity contribution in [2.45, 2.75) is 11.3 Å². The minimum Gasteiger partial charge on any atom is -0.495 e. The molecule has 1 aromatic rings. The third-order valence-corrected chi connectivity index (χ3v) is 5.94. The Kier molecular flexibility index (Phi) is 7.49. The zero-order chi connectivity index (χ0) is 18.3. The average molecular weight is 391 g/mol. The smallest absolute Gasteiger partial charge is 0.221 e. The number of amides is 1. The maximum Gasteiger partial charge on any atom is 0.221 e. The van der Waals surface area contributed by atoms with E-state index in [0.29, 0.717) is 25.5 Å². The van der Waals surface area contributed by atoms with Crippen molar-refractivity contribution in [2.24, 2.45) is 0 Å². The summed E-state index contributed by atoms with van der Waals surface area (Å²) in [6.45, 7) is 4.33. The summed E-state index contributed by atoms with van der Waals surface area (Å²) in [6, 6.07) is 4.26. The monoisotopic (exact) mass is 390 g/mol. The SMILES string of the molecule is COc1ccc(S(=O)(=O)CCC(=O)NCCN2CCOCC2)cc1Cl. The number of carbonyl (C=O) groups is 1. The lowest BCUT2D eigenvalue weighted by Gasteiger charge is -2.26. The molecule has 140 valence electrons. The number of rotatable bonds is 8. The molecule has 9 heteroatoms. The molecule has 0 aliphatic carbocycles. The molecule has 1 N–H and O–H groups in total. The molecule has 0 bridgehead atoms. The Morgan fingerprint density at radius 1 is 1.36 bits per heavy atom. The maximum absolute atomic E-state index is 12.3. The van der Waals surface area contributed by atoms with Crippen molar-refractivity contribution in [3.8, 4) is 5.75 Å². The minimum atomic E-state index is -3.58. The topological polar surface area (TPSA) is 84.9 Å². The van der Waals surface area contributed by atoms with E-state index in [1.54, 1.807) is 0 Å². The number of halogens is 1. The number of morpholine rings is 1. The van der Waals surface area contributed by atoms with Gasteiger partial charge in [0.2, 0.25) is 5.91 Å². The number of sulfone groups is 1. The number of nitrogens with one attached hydrogen (secondary N) is 1. The molecule has 1 aromatic carbocycles. The van der Waals surface area contributed by atoms with Gasteiger partial charge in [0, 0.05) is 32.6 Å². The fourth-order valence-corrected chi connectivity index (χ4v) is 4.04. The first kappa shape index (κ1) is 20.0. The molecule has 7 nitrogen and oxygen atoms in total. The Hall–Kier alpha value is -1.35. The molecule has 1 amide bonds. The number of methoxy groups -OCH3 is 1. The second kappa shape index (κ2) is 9.38. The summed E-state index contributed by atoms with van der Waals surface area (Å²) < 4.78 is 34.9. The molecule has 0 spiro atoms. The Balaban J connectivity index is 1.78. The number of nitrogens with zero attached hydrogens (tertiary/aromatic N) is 1. The van der Waals surface area contributed by atoms with Gasteiger partial charge < -0.3 is 14.8 Å². The zero-order valence-electron chi connectivity index (χ0n) is 14.2. The summed E-state index contributed by atoms with van der Waals surface area (Å²) >= 11 is 5.96. The molecule has 0 unspecified atom stereocenters. The summed E-state index contributed by atoms with van der Waals surface area (Å²) in [7, 11) is -2.12. The van der Waals surface area contributed by atoms with E-state index in [0.717, 1.165) is 19.6 Å². The minimum absolute atomic E-state index is 0.0828. The second-order valence-electron chi connectivity index (χ2n) is 5.67. The number of hydrogen-bond donors (Lipinski definition) is 1. The zero-order valence-corrected chi connectivity index (χ0v) is 15.7. The van der Waals surface area contributed by atoms with Crippen LogP contribution in [0, 0.1) is 0 Å². The number of hydrogen-bond acceptors (Lipinski definition) is 6. The first-order chi connectivity index (χ1) is 11.9. The van der Waals surface area contributed by atoms with Crippen molar-refractivity contribution < 1.29 is 22.7 Å². The van der Waals surface area contributed by atoms with Gasteiger partial charge in [0.05, 0.1) is 36.0 Å². The summed E-state index contributed by atoms with van der Waals surface area (Å²) in [4.78, 5) is 14.1. The lowest BCUT2D eigenvalue weighted by Crippen LogP contribution is -2.41. The van der Waals surface area contributed by atoms with E-state index in [9.17, 15) is 13.2 Å². The Labute approximate surface area is 153 Å². The van der Waals surface area contributed by atoms with Crippen LogP contribution in [0.3, 0.4) is 0 Å². The molecule has 0 radical (unpaired) electrons. The highest BCUT2D eigenvalue weighted by atomic mass is 35.5. The molecule has 2 rings (SSSR count). The summed E-state index contributed by atoms with van der Waals surface area (Å²) in [5.41, 5.74) is 0. The van der Waals surface area contributed by atoms with E-state index in [1.165, 1.54) is 25.3 Å². The van der Waals surface area contributed by atoms with Crippen LogP contribution < -0.4 is 10.1 Å². The molecule has 0 aromatic heterocycles. The number of benzene rings is 1. The van der Waals surface area contributed by atoms with E-state index in [4.69, 9.17) is 21.1 Å². The number of ether oxygens (including phenoxy) is 2. The summed E-state index contributed by atoms with van der Waals surface area (Å²) in [5.74, 6) is -0.142. The maximum atomic E-state index is 12.3. The van der Waals surface area contributed by atoms with Crippen molar-refractivity contribution in [1.29, 1.82) is 0 Å². The highest BCUT2D eigenvalue weighted by molar-refractivity contribution is 7.91. The van der Waals surface area contributed by atoms with Gasteiger partial charge in [-0.3, -0.25) is 9.69 Å². The van der Waals surface area contributed by atoms with Crippen LogP contribution in [0.2, 0.25) is 5.02 Å². The fourth-order valence-electron chi connectivity index (χ4n) is 2.45. The lowest BCUT2D eigenvalue weighted by molar-refractivity contribution is -0.120. The summed E-state index contributed by atoms with van der Waals surface area (Å²) in [6.07, 6.45) is -0.0882. The van der Waals surface area contributed by atoms with Crippen LogP contribution in [0.15, 0.2) is 23.1 Å². The average Bonchev–Trinajstić information content (AvgIpc) is 2.61. The van der Waals surface area contributed by atoms with Crippen molar-refractivity contribution in [1.82, 2.24) is 10.2 Å². The van der Waals surface area contributed by atoms with Gasteiger partial charge in [-0.1, -0.05) is 11.6 Å². The van der Waals surface area contributed by atoms with Crippen LogP contribution >= 0.6 is 11.6 Å². The van der Waals surface area contributed by atoms with Gasteiger partial charge in [-0.05, 0) is 18.2 Å². The highest BCUT2D eigenvalue weighted by Gasteiger charge is 2.18. The number of carbonyl (C=O) groups excluding carboxylic acids is 1. The largest absolute Gasteiger partial charge is 0.495 e. The van der Waals surface area contributed by atoms with Crippen molar-refractivity contribution in [2.75, 3.05) is 52.3 Å². The Bertz CT molecular complexity index is 690. The first-order valence-electron chi connectivity index (χ1n) is 8.05. The van der Waals surface area contributed by atoms with Gasteiger partial charge in [-0.25, -0.2) is 8.42 Å². The van der Waals surface area contributed by atoms with E-state index in [-0.39, 0.29) is 28.0 Å². The molecule has 0 atom stereocenters. The molecule has 1 aliphatic rings. The quantitative estimate of drug-likeness (QED) is 0.711. The van der Waals surface area contributed by atoms with Crippen LogP contribution in [-0.2, 0) is 19.4 Å². The predicted octanol–water partition coefficient (Wildman–Crippen LogP) is 0.961. The molecule has 1 saturated heterocycles. The van der Waals surface area contributed by atoms with E-state index >= 15 is 0 Å². The normalized spacial score (nSPS) is 15.8. The van der Waals surface area contributed by atoms with Gasteiger partial charge in [0.15, 0.2) is 9.84 Å². The van der Waals surface area contributed by atoms with Crippen molar-refractivity contribution in [3.63, 3.8) is 0 Å². The molecule has 1 aliphatic heterocycles.